The summed E-state index contributed by atoms with van der Waals surface area (Å²) in [6.07, 6.45) is 3.86. The van der Waals surface area contributed by atoms with Crippen LogP contribution < -0.4 is 10.1 Å². The lowest BCUT2D eigenvalue weighted by molar-refractivity contribution is 0.414. The molecular formula is C35H32N6O. The van der Waals surface area contributed by atoms with Crippen LogP contribution in [0.2, 0.25) is 0 Å². The normalized spacial score (nSPS) is 11.7. The minimum atomic E-state index is 0.387. The van der Waals surface area contributed by atoms with Gasteiger partial charge in [-0.15, -0.1) is 0 Å². The summed E-state index contributed by atoms with van der Waals surface area (Å²) in [4.78, 5) is 13.2. The van der Waals surface area contributed by atoms with Crippen molar-refractivity contribution in [2.75, 3.05) is 7.11 Å². The van der Waals surface area contributed by atoms with E-state index in [2.05, 4.69) is 101 Å². The van der Waals surface area contributed by atoms with Crippen LogP contribution in [0, 0.1) is 0 Å². The quantitative estimate of drug-likeness (QED) is 0.206. The van der Waals surface area contributed by atoms with Gasteiger partial charge in [0.2, 0.25) is 0 Å². The van der Waals surface area contributed by atoms with Crippen LogP contribution in [0.1, 0.15) is 25.0 Å². The van der Waals surface area contributed by atoms with Gasteiger partial charge >= 0.3 is 0 Å². The van der Waals surface area contributed by atoms with Crippen molar-refractivity contribution in [3.8, 4) is 28.4 Å². The molecule has 0 aliphatic heterocycles. The number of aromatic nitrogens is 5. The number of rotatable bonds is 8. The first-order valence-corrected chi connectivity index (χ1v) is 14.3. The van der Waals surface area contributed by atoms with E-state index in [1.54, 1.807) is 7.11 Å². The molecule has 7 aromatic rings. The van der Waals surface area contributed by atoms with Crippen LogP contribution in [0.25, 0.3) is 55.4 Å². The molecule has 7 rings (SSSR count). The SMILES string of the molecule is COc1ccc(Cn2nc(-c3nc4c(CNC(C)C)cccc4[nH]3)c3cc(-c4cncc5ccccc45)ccc32)cc1. The molecule has 42 heavy (non-hydrogen) atoms. The number of benzene rings is 4. The molecule has 4 aromatic carbocycles. The minimum absolute atomic E-state index is 0.387. The predicted octanol–water partition coefficient (Wildman–Crippen LogP) is 7.35. The smallest absolute Gasteiger partial charge is 0.159 e. The lowest BCUT2D eigenvalue weighted by atomic mass is 9.99. The maximum absolute atomic E-state index is 5.36. The van der Waals surface area contributed by atoms with Crippen molar-refractivity contribution < 1.29 is 4.74 Å². The average Bonchev–Trinajstić information content (AvgIpc) is 3.61. The number of H-pyrrole nitrogens is 1. The third-order valence-electron chi connectivity index (χ3n) is 7.74. The Kier molecular flexibility index (Phi) is 6.64. The third kappa shape index (κ3) is 4.78. The van der Waals surface area contributed by atoms with E-state index in [0.29, 0.717) is 12.6 Å². The molecule has 3 aromatic heterocycles. The number of fused-ring (bicyclic) bond motifs is 3. The van der Waals surface area contributed by atoms with Crippen molar-refractivity contribution in [3.63, 3.8) is 0 Å². The summed E-state index contributed by atoms with van der Waals surface area (Å²) < 4.78 is 7.42. The number of methoxy groups -OCH3 is 1. The Morgan fingerprint density at radius 2 is 1.76 bits per heavy atom. The van der Waals surface area contributed by atoms with Gasteiger partial charge in [0, 0.05) is 41.3 Å². The number of aromatic amines is 1. The molecule has 0 amide bonds. The van der Waals surface area contributed by atoms with Gasteiger partial charge in [0.15, 0.2) is 5.82 Å². The number of ether oxygens (including phenoxy) is 1. The summed E-state index contributed by atoms with van der Waals surface area (Å²) in [7, 11) is 1.68. The zero-order valence-corrected chi connectivity index (χ0v) is 23.9. The lowest BCUT2D eigenvalue weighted by Gasteiger charge is -2.08. The number of pyridine rings is 1. The van der Waals surface area contributed by atoms with Crippen molar-refractivity contribution in [2.45, 2.75) is 33.0 Å². The standard InChI is InChI=1S/C35H32N6O/c1-22(2)37-19-26-8-6-10-31-33(26)39-35(38-31)34-29-17-24(30-20-36-18-25-7-4-5-9-28(25)30)13-16-32(29)41(40-34)21-23-11-14-27(42-3)15-12-23/h4-18,20,22,37H,19,21H2,1-3H3,(H,38,39). The van der Waals surface area contributed by atoms with E-state index in [4.69, 9.17) is 14.8 Å². The van der Waals surface area contributed by atoms with E-state index in [-0.39, 0.29) is 0 Å². The van der Waals surface area contributed by atoms with Crippen molar-refractivity contribution in [3.05, 3.63) is 108 Å². The molecule has 7 heteroatoms. The van der Waals surface area contributed by atoms with E-state index >= 15 is 0 Å². The molecule has 0 atom stereocenters. The van der Waals surface area contributed by atoms with Gasteiger partial charge in [0.05, 0.1) is 30.2 Å². The first-order chi connectivity index (χ1) is 20.6. The summed E-state index contributed by atoms with van der Waals surface area (Å²) in [6, 6.07) is 29.7. The second-order valence-electron chi connectivity index (χ2n) is 10.9. The van der Waals surface area contributed by atoms with Gasteiger partial charge in [-0.05, 0) is 52.4 Å². The van der Waals surface area contributed by atoms with Crippen LogP contribution in [0.4, 0.5) is 0 Å². The third-order valence-corrected chi connectivity index (χ3v) is 7.74. The topological polar surface area (TPSA) is 80.6 Å². The molecule has 0 saturated carbocycles. The zero-order chi connectivity index (χ0) is 28.6. The lowest BCUT2D eigenvalue weighted by Crippen LogP contribution is -2.21. The maximum Gasteiger partial charge on any atom is 0.159 e. The number of hydrogen-bond acceptors (Lipinski definition) is 5. The highest BCUT2D eigenvalue weighted by Crippen LogP contribution is 2.35. The van der Waals surface area contributed by atoms with Gasteiger partial charge in [0.25, 0.3) is 0 Å². The molecule has 7 nitrogen and oxygen atoms in total. The van der Waals surface area contributed by atoms with E-state index in [0.717, 1.165) is 73.4 Å². The largest absolute Gasteiger partial charge is 0.497 e. The van der Waals surface area contributed by atoms with Gasteiger partial charge in [-0.25, -0.2) is 4.98 Å². The van der Waals surface area contributed by atoms with Crippen LogP contribution in [-0.2, 0) is 13.1 Å². The molecule has 3 heterocycles. The van der Waals surface area contributed by atoms with Crippen LogP contribution >= 0.6 is 0 Å². The molecular weight excluding hydrogens is 520 g/mol. The summed E-state index contributed by atoms with van der Waals surface area (Å²) in [5.74, 6) is 1.59. The highest BCUT2D eigenvalue weighted by atomic mass is 16.5. The molecule has 2 N–H and O–H groups in total. The van der Waals surface area contributed by atoms with Gasteiger partial charge in [-0.2, -0.15) is 5.10 Å². The predicted molar refractivity (Wildman–Crippen MR) is 170 cm³/mol. The van der Waals surface area contributed by atoms with Gasteiger partial charge in [0.1, 0.15) is 11.4 Å². The highest BCUT2D eigenvalue weighted by molar-refractivity contribution is 6.01. The fourth-order valence-electron chi connectivity index (χ4n) is 5.55. The van der Waals surface area contributed by atoms with Crippen molar-refractivity contribution >= 4 is 32.7 Å². The van der Waals surface area contributed by atoms with Crippen molar-refractivity contribution in [2.24, 2.45) is 0 Å². The van der Waals surface area contributed by atoms with Crippen LogP contribution in [-0.4, -0.2) is 37.9 Å². The molecule has 0 spiro atoms. The van der Waals surface area contributed by atoms with Gasteiger partial charge in [-0.3, -0.25) is 9.67 Å². The van der Waals surface area contributed by atoms with Gasteiger partial charge in [-0.1, -0.05) is 68.4 Å². The Hall–Kier alpha value is -5.01. The Balaban J connectivity index is 1.39. The molecule has 0 radical (unpaired) electrons. The molecule has 0 aliphatic rings. The first-order valence-electron chi connectivity index (χ1n) is 14.3. The Morgan fingerprint density at radius 3 is 2.60 bits per heavy atom. The molecule has 0 unspecified atom stereocenters. The second-order valence-corrected chi connectivity index (χ2v) is 10.9. The first kappa shape index (κ1) is 25.9. The van der Waals surface area contributed by atoms with E-state index in [1.807, 2.05) is 30.6 Å². The number of para-hydroxylation sites is 1. The van der Waals surface area contributed by atoms with E-state index < -0.39 is 0 Å². The fraction of sp³-hybridized carbons (Fsp3) is 0.171. The summed E-state index contributed by atoms with van der Waals surface area (Å²) in [5, 5.41) is 12.0. The van der Waals surface area contributed by atoms with Crippen LogP contribution in [0.15, 0.2) is 97.3 Å². The number of hydrogen-bond donors (Lipinski definition) is 2. The highest BCUT2D eigenvalue weighted by Gasteiger charge is 2.19. The average molecular weight is 553 g/mol. The summed E-state index contributed by atoms with van der Waals surface area (Å²) in [5.41, 5.74) is 8.32. The number of nitrogens with zero attached hydrogens (tertiary/aromatic N) is 4. The Morgan fingerprint density at radius 1 is 0.905 bits per heavy atom. The Bertz CT molecular complexity index is 2030. The second kappa shape index (κ2) is 10.8. The summed E-state index contributed by atoms with van der Waals surface area (Å²) >= 11 is 0. The van der Waals surface area contributed by atoms with E-state index in [9.17, 15) is 0 Å². The summed E-state index contributed by atoms with van der Waals surface area (Å²) in [6.45, 7) is 5.69. The fourth-order valence-corrected chi connectivity index (χ4v) is 5.55. The maximum atomic E-state index is 5.36. The molecule has 0 bridgehead atoms. The van der Waals surface area contributed by atoms with Crippen LogP contribution in [0.3, 0.4) is 0 Å². The number of imidazole rings is 1. The molecule has 0 fully saturated rings. The Labute approximate surface area is 244 Å². The van der Waals surface area contributed by atoms with Crippen molar-refractivity contribution in [1.82, 2.24) is 30.0 Å². The monoisotopic (exact) mass is 552 g/mol. The molecule has 0 saturated heterocycles. The molecule has 208 valence electrons. The van der Waals surface area contributed by atoms with Gasteiger partial charge < -0.3 is 15.0 Å². The number of nitrogens with one attached hydrogen (secondary N) is 2. The minimum Gasteiger partial charge on any atom is -0.497 e. The van der Waals surface area contributed by atoms with Crippen molar-refractivity contribution in [1.29, 1.82) is 0 Å². The molecule has 0 aliphatic carbocycles. The van der Waals surface area contributed by atoms with E-state index in [1.165, 1.54) is 5.39 Å². The van der Waals surface area contributed by atoms with Crippen LogP contribution in [0.5, 0.6) is 5.75 Å². The zero-order valence-electron chi connectivity index (χ0n) is 23.9.